The molecule has 0 saturated heterocycles. The molecule has 0 aromatic rings. The molecule has 0 heterocycles. The summed E-state index contributed by atoms with van der Waals surface area (Å²) < 4.78 is 5.32. The maximum atomic E-state index is 11.9. The van der Waals surface area contributed by atoms with Crippen molar-refractivity contribution in [1.29, 1.82) is 0 Å². The maximum Gasteiger partial charge on any atom is 0.407 e. The molecule has 136 valence electrons. The van der Waals surface area contributed by atoms with E-state index in [2.05, 4.69) is 24.5 Å². The van der Waals surface area contributed by atoms with Gasteiger partial charge in [-0.1, -0.05) is 13.8 Å². The number of rotatable bonds is 6. The van der Waals surface area contributed by atoms with Crippen molar-refractivity contribution in [2.24, 2.45) is 5.92 Å². The van der Waals surface area contributed by atoms with Crippen LogP contribution in [0.1, 0.15) is 73.6 Å². The van der Waals surface area contributed by atoms with Gasteiger partial charge in [-0.2, -0.15) is 0 Å². The molecular weight excluding hydrogens is 292 g/mol. The first-order chi connectivity index (χ1) is 10.5. The minimum Gasteiger partial charge on any atom is -0.444 e. The monoisotopic (exact) mass is 328 g/mol. The molecule has 1 aliphatic carbocycles. The van der Waals surface area contributed by atoms with Crippen LogP contribution < -0.4 is 10.6 Å². The van der Waals surface area contributed by atoms with Crippen molar-refractivity contribution in [3.63, 3.8) is 0 Å². The van der Waals surface area contributed by atoms with Crippen LogP contribution >= 0.6 is 0 Å². The highest BCUT2D eigenvalue weighted by molar-refractivity contribution is 5.68. The van der Waals surface area contributed by atoms with E-state index in [1.807, 2.05) is 27.7 Å². The summed E-state index contributed by atoms with van der Waals surface area (Å²) in [6.45, 7) is 12.3. The number of aliphatic hydroxyl groups is 1. The lowest BCUT2D eigenvalue weighted by atomic mass is 9.89. The van der Waals surface area contributed by atoms with Gasteiger partial charge >= 0.3 is 6.09 Å². The van der Waals surface area contributed by atoms with Crippen LogP contribution in [0.15, 0.2) is 0 Å². The molecular formula is C18H36N2O3. The van der Waals surface area contributed by atoms with Crippen LogP contribution in [0.3, 0.4) is 0 Å². The number of amides is 1. The summed E-state index contributed by atoms with van der Waals surface area (Å²) >= 11 is 0. The summed E-state index contributed by atoms with van der Waals surface area (Å²) in [5.41, 5.74) is -1.15. The highest BCUT2D eigenvalue weighted by Gasteiger charge is 2.28. The summed E-state index contributed by atoms with van der Waals surface area (Å²) in [5, 5.41) is 16.8. The smallest absolute Gasteiger partial charge is 0.407 e. The summed E-state index contributed by atoms with van der Waals surface area (Å²) in [6, 6.07) is 0.480. The summed E-state index contributed by atoms with van der Waals surface area (Å²) in [4.78, 5) is 11.9. The molecule has 0 bridgehead atoms. The van der Waals surface area contributed by atoms with E-state index in [1.54, 1.807) is 0 Å². The Morgan fingerprint density at radius 3 is 2.39 bits per heavy atom. The lowest BCUT2D eigenvalue weighted by Gasteiger charge is -2.34. The van der Waals surface area contributed by atoms with Crippen molar-refractivity contribution >= 4 is 6.09 Å². The van der Waals surface area contributed by atoms with E-state index in [0.717, 1.165) is 32.1 Å². The van der Waals surface area contributed by atoms with E-state index in [-0.39, 0.29) is 12.1 Å². The van der Waals surface area contributed by atoms with Crippen molar-refractivity contribution in [2.75, 3.05) is 6.54 Å². The van der Waals surface area contributed by atoms with Crippen molar-refractivity contribution in [1.82, 2.24) is 10.6 Å². The molecule has 1 aliphatic rings. The van der Waals surface area contributed by atoms with Gasteiger partial charge in [0, 0.05) is 18.6 Å². The summed E-state index contributed by atoms with van der Waals surface area (Å²) in [5.74, 6) is 0.472. The SMILES string of the molecule is CC(C)CC(C)(O)CNC1CCCC(NC(=O)OC(C)(C)C)C1. The molecule has 5 nitrogen and oxygen atoms in total. The molecule has 23 heavy (non-hydrogen) atoms. The minimum absolute atomic E-state index is 0.145. The topological polar surface area (TPSA) is 70.6 Å². The molecule has 0 aromatic heterocycles. The fraction of sp³-hybridized carbons (Fsp3) is 0.944. The fourth-order valence-electron chi connectivity index (χ4n) is 3.30. The van der Waals surface area contributed by atoms with Gasteiger partial charge in [0.15, 0.2) is 0 Å². The van der Waals surface area contributed by atoms with Crippen LogP contribution in [0.4, 0.5) is 4.79 Å². The Kier molecular flexibility index (Phi) is 7.33. The van der Waals surface area contributed by atoms with Crippen molar-refractivity contribution in [3.05, 3.63) is 0 Å². The van der Waals surface area contributed by atoms with Gasteiger partial charge in [-0.3, -0.25) is 0 Å². The predicted octanol–water partition coefficient (Wildman–Crippen LogP) is 3.21. The number of carbonyl (C=O) groups is 1. The molecule has 3 N–H and O–H groups in total. The molecule has 0 aliphatic heterocycles. The fourth-order valence-corrected chi connectivity index (χ4v) is 3.30. The number of ether oxygens (including phenoxy) is 1. The molecule has 3 unspecified atom stereocenters. The predicted molar refractivity (Wildman–Crippen MR) is 93.5 cm³/mol. The maximum absolute atomic E-state index is 11.9. The largest absolute Gasteiger partial charge is 0.444 e. The number of carbonyl (C=O) groups excluding carboxylic acids is 1. The second-order valence-corrected chi connectivity index (χ2v) is 8.68. The lowest BCUT2D eigenvalue weighted by molar-refractivity contribution is 0.0327. The van der Waals surface area contributed by atoms with E-state index in [0.29, 0.717) is 18.5 Å². The van der Waals surface area contributed by atoms with E-state index < -0.39 is 11.2 Å². The Morgan fingerprint density at radius 1 is 1.22 bits per heavy atom. The average molecular weight is 328 g/mol. The lowest BCUT2D eigenvalue weighted by Crippen LogP contribution is -2.49. The quantitative estimate of drug-likeness (QED) is 0.700. The van der Waals surface area contributed by atoms with Gasteiger partial charge in [-0.25, -0.2) is 4.79 Å². The van der Waals surface area contributed by atoms with E-state index >= 15 is 0 Å². The van der Waals surface area contributed by atoms with Crippen LogP contribution in [0.25, 0.3) is 0 Å². The van der Waals surface area contributed by atoms with Gasteiger partial charge in [-0.15, -0.1) is 0 Å². The number of alkyl carbamates (subject to hydrolysis) is 1. The van der Waals surface area contributed by atoms with Gasteiger partial charge in [0.25, 0.3) is 0 Å². The third-order valence-corrected chi connectivity index (χ3v) is 4.01. The average Bonchev–Trinajstić information content (AvgIpc) is 2.33. The molecule has 1 saturated carbocycles. The Morgan fingerprint density at radius 2 is 1.83 bits per heavy atom. The Hall–Kier alpha value is -0.810. The Labute approximate surface area is 141 Å². The van der Waals surface area contributed by atoms with Gasteiger partial charge in [0.2, 0.25) is 0 Å². The zero-order valence-electron chi connectivity index (χ0n) is 15.7. The van der Waals surface area contributed by atoms with Crippen molar-refractivity contribution < 1.29 is 14.6 Å². The van der Waals surface area contributed by atoms with E-state index in [9.17, 15) is 9.90 Å². The minimum atomic E-state index is -0.681. The molecule has 0 aromatic carbocycles. The molecule has 1 fully saturated rings. The van der Waals surface area contributed by atoms with Crippen LogP contribution in [-0.4, -0.2) is 41.0 Å². The highest BCUT2D eigenvalue weighted by atomic mass is 16.6. The van der Waals surface area contributed by atoms with Gasteiger partial charge in [-0.05, 0) is 65.7 Å². The van der Waals surface area contributed by atoms with Crippen molar-refractivity contribution in [2.45, 2.75) is 96.9 Å². The van der Waals surface area contributed by atoms with E-state index in [4.69, 9.17) is 4.74 Å². The second kappa shape index (κ2) is 8.34. The van der Waals surface area contributed by atoms with Crippen molar-refractivity contribution in [3.8, 4) is 0 Å². The Bertz CT molecular complexity index is 375. The normalized spacial score (nSPS) is 25.0. The second-order valence-electron chi connectivity index (χ2n) is 8.68. The zero-order chi connectivity index (χ0) is 17.7. The summed E-state index contributed by atoms with van der Waals surface area (Å²) in [7, 11) is 0. The molecule has 1 amide bonds. The molecule has 3 atom stereocenters. The number of hydrogen-bond donors (Lipinski definition) is 3. The van der Waals surface area contributed by atoms with Gasteiger partial charge in [0.1, 0.15) is 5.60 Å². The van der Waals surface area contributed by atoms with Crippen LogP contribution in [-0.2, 0) is 4.74 Å². The third-order valence-electron chi connectivity index (χ3n) is 4.01. The van der Waals surface area contributed by atoms with Crippen LogP contribution in [0.5, 0.6) is 0 Å². The van der Waals surface area contributed by atoms with Crippen LogP contribution in [0.2, 0.25) is 0 Å². The molecule has 1 rings (SSSR count). The zero-order valence-corrected chi connectivity index (χ0v) is 15.7. The van der Waals surface area contributed by atoms with Gasteiger partial charge in [0.05, 0.1) is 5.60 Å². The van der Waals surface area contributed by atoms with Crippen LogP contribution in [0, 0.1) is 5.92 Å². The first-order valence-electron chi connectivity index (χ1n) is 8.92. The van der Waals surface area contributed by atoms with E-state index in [1.165, 1.54) is 0 Å². The Balaban J connectivity index is 2.38. The molecule has 5 heteroatoms. The molecule has 0 radical (unpaired) electrons. The third kappa shape index (κ3) is 9.16. The number of nitrogens with one attached hydrogen (secondary N) is 2. The standard InChI is InChI=1S/C18H36N2O3/c1-13(2)11-18(6,22)12-19-14-8-7-9-15(10-14)20-16(21)23-17(3,4)5/h13-15,19,22H,7-12H2,1-6H3,(H,20,21). The first-order valence-corrected chi connectivity index (χ1v) is 8.92. The van der Waals surface area contributed by atoms with Gasteiger partial charge < -0.3 is 20.5 Å². The summed E-state index contributed by atoms with van der Waals surface area (Å²) in [6.07, 6.45) is 4.48. The highest BCUT2D eigenvalue weighted by Crippen LogP contribution is 2.21. The molecule has 0 spiro atoms. The number of hydrogen-bond acceptors (Lipinski definition) is 4. The first kappa shape index (κ1) is 20.2.